The number of nitrogens with one attached hydrogen (secondary N) is 1. The molecule has 0 saturated carbocycles. The van der Waals surface area contributed by atoms with Crippen LogP contribution in [0.1, 0.15) is 16.2 Å². The van der Waals surface area contributed by atoms with Gasteiger partial charge in [-0.2, -0.15) is 0 Å². The van der Waals surface area contributed by atoms with Crippen LogP contribution in [0.3, 0.4) is 0 Å². The Hall–Kier alpha value is -2.02. The van der Waals surface area contributed by atoms with E-state index in [9.17, 15) is 4.79 Å². The molecule has 1 amide bonds. The van der Waals surface area contributed by atoms with E-state index in [0.29, 0.717) is 16.7 Å². The Morgan fingerprint density at radius 1 is 1.62 bits per heavy atom. The molecule has 0 aliphatic carbocycles. The Morgan fingerprint density at radius 3 is 3.00 bits per heavy atom. The van der Waals surface area contributed by atoms with Gasteiger partial charge in [-0.15, -0.1) is 0 Å². The fourth-order valence-corrected chi connectivity index (χ4v) is 1.89. The summed E-state index contributed by atoms with van der Waals surface area (Å²) in [6.07, 6.45) is 1.59. The van der Waals surface area contributed by atoms with Crippen molar-refractivity contribution in [2.24, 2.45) is 5.73 Å². The third kappa shape index (κ3) is 2.14. The summed E-state index contributed by atoms with van der Waals surface area (Å²) in [5.74, 6) is 0.147. The van der Waals surface area contributed by atoms with Crippen LogP contribution < -0.4 is 16.8 Å². The maximum Gasteiger partial charge on any atom is 0.270 e. The Bertz CT molecular complexity index is 492. The minimum absolute atomic E-state index is 0.104. The van der Waals surface area contributed by atoms with Crippen molar-refractivity contribution >= 4 is 27.4 Å². The van der Waals surface area contributed by atoms with Crippen LogP contribution in [0.25, 0.3) is 0 Å². The average molecular weight is 238 g/mol. The molecule has 2 aromatic heterocycles. The number of nitrogens with zero attached hydrogens (tertiary/aromatic N) is 1. The van der Waals surface area contributed by atoms with Crippen LogP contribution in [-0.2, 0) is 6.54 Å². The maximum absolute atomic E-state index is 10.9. The van der Waals surface area contributed by atoms with Gasteiger partial charge in [0.1, 0.15) is 10.8 Å². The Labute approximate surface area is 95.3 Å². The summed E-state index contributed by atoms with van der Waals surface area (Å²) in [6.45, 7) is 0.484. The number of hydrogen-bond donors (Lipinski definition) is 3. The summed E-state index contributed by atoms with van der Waals surface area (Å²) in [4.78, 5) is 14.9. The number of aromatic nitrogens is 1. The van der Waals surface area contributed by atoms with Crippen molar-refractivity contribution in [1.82, 2.24) is 4.98 Å². The van der Waals surface area contributed by atoms with E-state index in [2.05, 4.69) is 10.3 Å². The minimum atomic E-state index is -0.625. The molecule has 0 fully saturated rings. The molecule has 6 nitrogen and oxygen atoms in total. The number of nitrogens with two attached hydrogens (primary N) is 2. The highest BCUT2D eigenvalue weighted by Crippen LogP contribution is 2.25. The average Bonchev–Trinajstić information content (AvgIpc) is 2.83. The molecule has 5 N–H and O–H groups in total. The third-order valence-corrected chi connectivity index (χ3v) is 2.72. The molecule has 0 bridgehead atoms. The molecular formula is C9H10N4O2S. The van der Waals surface area contributed by atoms with Gasteiger partial charge >= 0.3 is 0 Å². The Morgan fingerprint density at radius 2 is 2.44 bits per heavy atom. The molecule has 0 spiro atoms. The van der Waals surface area contributed by atoms with E-state index in [1.54, 1.807) is 12.3 Å². The Kier molecular flexibility index (Phi) is 2.78. The fraction of sp³-hybridized carbons (Fsp3) is 0.111. The minimum Gasteiger partial charge on any atom is -0.467 e. The molecule has 2 rings (SSSR count). The summed E-state index contributed by atoms with van der Waals surface area (Å²) >= 11 is 1.18. The number of rotatable bonds is 4. The molecule has 84 valence electrons. The van der Waals surface area contributed by atoms with Gasteiger partial charge in [-0.05, 0) is 12.1 Å². The van der Waals surface area contributed by atoms with Crippen LogP contribution >= 0.6 is 11.3 Å². The Balaban J connectivity index is 2.05. The van der Waals surface area contributed by atoms with Gasteiger partial charge in [-0.1, -0.05) is 11.3 Å². The summed E-state index contributed by atoms with van der Waals surface area (Å²) in [7, 11) is 0. The lowest BCUT2D eigenvalue weighted by Crippen LogP contribution is -2.13. The topological polar surface area (TPSA) is 107 Å². The first-order chi connectivity index (χ1) is 7.66. The zero-order valence-corrected chi connectivity index (χ0v) is 9.08. The fourth-order valence-electron chi connectivity index (χ4n) is 1.16. The molecule has 0 radical (unpaired) electrons. The van der Waals surface area contributed by atoms with Crippen LogP contribution in [0.5, 0.6) is 0 Å². The van der Waals surface area contributed by atoms with Crippen molar-refractivity contribution in [3.63, 3.8) is 0 Å². The molecule has 0 unspecified atom stereocenters. The van der Waals surface area contributed by atoms with Crippen LogP contribution in [0, 0.1) is 0 Å². The van der Waals surface area contributed by atoms with Gasteiger partial charge in [0.2, 0.25) is 0 Å². The molecule has 2 heterocycles. The largest absolute Gasteiger partial charge is 0.467 e. The third-order valence-electron chi connectivity index (χ3n) is 1.88. The first-order valence-corrected chi connectivity index (χ1v) is 5.31. The van der Waals surface area contributed by atoms with Crippen molar-refractivity contribution in [1.29, 1.82) is 0 Å². The smallest absolute Gasteiger partial charge is 0.270 e. The van der Waals surface area contributed by atoms with Gasteiger partial charge in [0, 0.05) is 0 Å². The van der Waals surface area contributed by atoms with E-state index in [-0.39, 0.29) is 5.69 Å². The van der Waals surface area contributed by atoms with Gasteiger partial charge in [-0.3, -0.25) is 4.79 Å². The van der Waals surface area contributed by atoms with Crippen LogP contribution in [0.4, 0.5) is 10.1 Å². The van der Waals surface area contributed by atoms with E-state index >= 15 is 0 Å². The maximum atomic E-state index is 10.9. The molecule has 0 atom stereocenters. The van der Waals surface area contributed by atoms with Crippen molar-refractivity contribution in [2.75, 3.05) is 11.1 Å². The second-order valence-corrected chi connectivity index (χ2v) is 4.06. The van der Waals surface area contributed by atoms with Gasteiger partial charge in [0.25, 0.3) is 5.91 Å². The molecule has 0 saturated heterocycles. The number of anilines is 2. The molecule has 7 heteroatoms. The molecule has 16 heavy (non-hydrogen) atoms. The van der Waals surface area contributed by atoms with E-state index in [4.69, 9.17) is 15.9 Å². The lowest BCUT2D eigenvalue weighted by Gasteiger charge is -1.97. The second kappa shape index (κ2) is 4.23. The number of nitrogen functional groups attached to an aromatic ring is 1. The lowest BCUT2D eigenvalue weighted by atomic mass is 10.4. The molecular weight excluding hydrogens is 228 g/mol. The van der Waals surface area contributed by atoms with Crippen molar-refractivity contribution in [2.45, 2.75) is 6.54 Å². The summed E-state index contributed by atoms with van der Waals surface area (Å²) in [6, 6.07) is 3.63. The van der Waals surface area contributed by atoms with E-state index in [1.165, 1.54) is 11.3 Å². The highest BCUT2D eigenvalue weighted by Gasteiger charge is 2.12. The first kappa shape index (κ1) is 10.5. The summed E-state index contributed by atoms with van der Waals surface area (Å²) < 4.78 is 5.13. The number of amides is 1. The van der Waals surface area contributed by atoms with Crippen molar-refractivity contribution in [3.05, 3.63) is 29.9 Å². The highest BCUT2D eigenvalue weighted by molar-refractivity contribution is 7.19. The van der Waals surface area contributed by atoms with E-state index in [1.807, 2.05) is 6.07 Å². The van der Waals surface area contributed by atoms with Gasteiger partial charge < -0.3 is 21.2 Å². The summed E-state index contributed by atoms with van der Waals surface area (Å²) in [5.41, 5.74) is 10.8. The van der Waals surface area contributed by atoms with Gasteiger partial charge in [-0.25, -0.2) is 4.98 Å². The van der Waals surface area contributed by atoms with E-state index in [0.717, 1.165) is 5.76 Å². The second-order valence-electron chi connectivity index (χ2n) is 3.03. The van der Waals surface area contributed by atoms with E-state index < -0.39 is 5.91 Å². The predicted octanol–water partition coefficient (Wildman–Crippen LogP) is 1.03. The van der Waals surface area contributed by atoms with Crippen LogP contribution in [0.15, 0.2) is 22.8 Å². The molecule has 0 aliphatic heterocycles. The normalized spacial score (nSPS) is 10.2. The van der Waals surface area contributed by atoms with Gasteiger partial charge in [0.15, 0.2) is 10.8 Å². The highest BCUT2D eigenvalue weighted by atomic mass is 32.1. The first-order valence-electron chi connectivity index (χ1n) is 4.49. The SMILES string of the molecule is NC(=O)c1nc(NCc2ccco2)sc1N. The number of hydrogen-bond acceptors (Lipinski definition) is 6. The number of furan rings is 1. The molecule has 2 aromatic rings. The number of primary amides is 1. The van der Waals surface area contributed by atoms with Crippen molar-refractivity contribution < 1.29 is 9.21 Å². The lowest BCUT2D eigenvalue weighted by molar-refractivity contribution is 0.0997. The zero-order valence-electron chi connectivity index (χ0n) is 8.27. The molecule has 0 aromatic carbocycles. The van der Waals surface area contributed by atoms with Crippen LogP contribution in [0.2, 0.25) is 0 Å². The van der Waals surface area contributed by atoms with Crippen molar-refractivity contribution in [3.8, 4) is 0 Å². The molecule has 0 aliphatic rings. The van der Waals surface area contributed by atoms with Crippen LogP contribution in [-0.4, -0.2) is 10.9 Å². The zero-order chi connectivity index (χ0) is 11.5. The number of thiazole rings is 1. The number of carbonyl (C=O) groups is 1. The standard InChI is InChI=1S/C9H10N4O2S/c10-7(14)6-8(11)16-9(13-6)12-4-5-2-1-3-15-5/h1-3H,4,11H2,(H2,10,14)(H,12,13). The quantitative estimate of drug-likeness (QED) is 0.737. The van der Waals surface area contributed by atoms with Gasteiger partial charge in [0.05, 0.1) is 12.8 Å². The summed E-state index contributed by atoms with van der Waals surface area (Å²) in [5, 5.41) is 3.85. The monoisotopic (exact) mass is 238 g/mol. The predicted molar refractivity (Wildman–Crippen MR) is 61.1 cm³/mol. The number of carbonyl (C=O) groups excluding carboxylic acids is 1.